The monoisotopic (exact) mass is 253 g/mol. The van der Waals surface area contributed by atoms with Gasteiger partial charge in [-0.15, -0.1) is 0 Å². The average molecular weight is 253 g/mol. The molecule has 3 nitrogen and oxygen atoms in total. The van der Waals surface area contributed by atoms with E-state index in [-0.39, 0.29) is 5.82 Å². The van der Waals surface area contributed by atoms with Gasteiger partial charge in [-0.25, -0.2) is 9.18 Å². The van der Waals surface area contributed by atoms with E-state index in [1.165, 1.54) is 25.3 Å². The van der Waals surface area contributed by atoms with Crippen LogP contribution in [-0.2, 0) is 4.74 Å². The van der Waals surface area contributed by atoms with Crippen LogP contribution in [0.25, 0.3) is 0 Å². The van der Waals surface area contributed by atoms with Gasteiger partial charge >= 0.3 is 5.97 Å². The molecule has 0 amide bonds. The van der Waals surface area contributed by atoms with Crippen molar-refractivity contribution in [3.63, 3.8) is 0 Å². The second-order valence-corrected chi connectivity index (χ2v) is 4.46. The van der Waals surface area contributed by atoms with Crippen molar-refractivity contribution < 1.29 is 13.9 Å². The van der Waals surface area contributed by atoms with E-state index in [0.717, 1.165) is 12.8 Å². The minimum absolute atomic E-state index is 0.348. The molecule has 0 aliphatic carbocycles. The first-order chi connectivity index (χ1) is 8.58. The Bertz CT molecular complexity index is 407. The molecule has 1 atom stereocenters. The van der Waals surface area contributed by atoms with E-state index in [0.29, 0.717) is 23.7 Å². The number of carbonyl (C=O) groups is 1. The van der Waals surface area contributed by atoms with Crippen LogP contribution in [0.1, 0.15) is 37.0 Å². The molecule has 0 heterocycles. The molecule has 100 valence electrons. The second-order valence-electron chi connectivity index (χ2n) is 4.46. The summed E-state index contributed by atoms with van der Waals surface area (Å²) in [6.07, 6.45) is 2.19. The molecule has 0 aliphatic rings. The first kappa shape index (κ1) is 14.5. The van der Waals surface area contributed by atoms with Crippen LogP contribution in [-0.4, -0.2) is 19.6 Å². The van der Waals surface area contributed by atoms with E-state index in [4.69, 9.17) is 0 Å². The highest BCUT2D eigenvalue weighted by Crippen LogP contribution is 2.18. The predicted molar refractivity (Wildman–Crippen MR) is 70.3 cm³/mol. The van der Waals surface area contributed by atoms with E-state index in [9.17, 15) is 9.18 Å². The Morgan fingerprint density at radius 1 is 1.50 bits per heavy atom. The number of hydrogen-bond donors (Lipinski definition) is 1. The maximum absolute atomic E-state index is 13.6. The molecule has 0 aliphatic heterocycles. The Kier molecular flexibility index (Phi) is 5.62. The van der Waals surface area contributed by atoms with E-state index < -0.39 is 5.97 Å². The minimum Gasteiger partial charge on any atom is -0.465 e. The minimum atomic E-state index is -0.459. The molecule has 1 aromatic carbocycles. The molecule has 0 radical (unpaired) electrons. The van der Waals surface area contributed by atoms with Gasteiger partial charge in [-0.1, -0.05) is 20.3 Å². The molecule has 4 heteroatoms. The van der Waals surface area contributed by atoms with Crippen molar-refractivity contribution in [2.75, 3.05) is 19.0 Å². The molecule has 0 aromatic heterocycles. The fourth-order valence-corrected chi connectivity index (χ4v) is 1.78. The molecule has 0 spiro atoms. The first-order valence-corrected chi connectivity index (χ1v) is 6.20. The van der Waals surface area contributed by atoms with Gasteiger partial charge in [0.05, 0.1) is 18.4 Å². The Hall–Kier alpha value is -1.58. The molecule has 1 N–H and O–H groups in total. The highest BCUT2D eigenvalue weighted by atomic mass is 19.1. The van der Waals surface area contributed by atoms with Gasteiger partial charge in [0, 0.05) is 6.54 Å². The van der Waals surface area contributed by atoms with E-state index >= 15 is 0 Å². The van der Waals surface area contributed by atoms with Crippen molar-refractivity contribution in [3.05, 3.63) is 29.6 Å². The van der Waals surface area contributed by atoms with E-state index in [1.807, 2.05) is 0 Å². The highest BCUT2D eigenvalue weighted by Gasteiger charge is 2.10. The van der Waals surface area contributed by atoms with Crippen LogP contribution in [0.15, 0.2) is 18.2 Å². The number of esters is 1. The third-order valence-corrected chi connectivity index (χ3v) is 2.81. The molecule has 0 saturated heterocycles. The fourth-order valence-electron chi connectivity index (χ4n) is 1.78. The largest absolute Gasteiger partial charge is 0.465 e. The molecule has 0 bridgehead atoms. The number of hydrogen-bond acceptors (Lipinski definition) is 3. The number of nitrogens with one attached hydrogen (secondary N) is 1. The summed E-state index contributed by atoms with van der Waals surface area (Å²) in [5.41, 5.74) is 0.699. The lowest BCUT2D eigenvalue weighted by Gasteiger charge is -2.13. The van der Waals surface area contributed by atoms with Gasteiger partial charge in [0.2, 0.25) is 0 Å². The second kappa shape index (κ2) is 6.99. The van der Waals surface area contributed by atoms with Crippen LogP contribution in [0.2, 0.25) is 0 Å². The zero-order valence-electron chi connectivity index (χ0n) is 11.1. The summed E-state index contributed by atoms with van der Waals surface area (Å²) >= 11 is 0. The highest BCUT2D eigenvalue weighted by molar-refractivity contribution is 5.90. The molecular weight excluding hydrogens is 233 g/mol. The zero-order chi connectivity index (χ0) is 13.5. The molecule has 18 heavy (non-hydrogen) atoms. The topological polar surface area (TPSA) is 38.3 Å². The molecule has 1 rings (SSSR count). The SMILES string of the molecule is CCCC(C)CNc1cc(C(=O)OC)ccc1F. The van der Waals surface area contributed by atoms with Crippen LogP contribution in [0.3, 0.4) is 0 Å². The molecular formula is C14H20FNO2. The molecule has 0 saturated carbocycles. The van der Waals surface area contributed by atoms with Gasteiger partial charge in [0.15, 0.2) is 0 Å². The van der Waals surface area contributed by atoms with Gasteiger partial charge in [0.1, 0.15) is 5.82 Å². The maximum atomic E-state index is 13.6. The summed E-state index contributed by atoms with van der Waals surface area (Å²) in [7, 11) is 1.31. The number of carbonyl (C=O) groups excluding carboxylic acids is 1. The molecule has 1 aromatic rings. The van der Waals surface area contributed by atoms with Crippen LogP contribution in [0.4, 0.5) is 10.1 Å². The number of ether oxygens (including phenoxy) is 1. The number of rotatable bonds is 6. The Balaban J connectivity index is 2.72. The van der Waals surface area contributed by atoms with Crippen LogP contribution in [0.5, 0.6) is 0 Å². The van der Waals surface area contributed by atoms with Gasteiger partial charge in [0.25, 0.3) is 0 Å². The Morgan fingerprint density at radius 3 is 2.83 bits per heavy atom. The quantitative estimate of drug-likeness (QED) is 0.789. The standard InChI is InChI=1S/C14H20FNO2/c1-4-5-10(2)9-16-13-8-11(14(17)18-3)6-7-12(13)15/h6-8,10,16H,4-5,9H2,1-3H3. The summed E-state index contributed by atoms with van der Waals surface area (Å²) in [5, 5.41) is 3.03. The van der Waals surface area contributed by atoms with Crippen molar-refractivity contribution in [3.8, 4) is 0 Å². The fraction of sp³-hybridized carbons (Fsp3) is 0.500. The summed E-state index contributed by atoms with van der Waals surface area (Å²) in [5.74, 6) is -0.345. The molecule has 0 fully saturated rings. The van der Waals surface area contributed by atoms with Gasteiger partial charge in [-0.2, -0.15) is 0 Å². The smallest absolute Gasteiger partial charge is 0.337 e. The van der Waals surface area contributed by atoms with Crippen molar-refractivity contribution in [1.82, 2.24) is 0 Å². The summed E-state index contributed by atoms with van der Waals surface area (Å²) in [6.45, 7) is 4.92. The Morgan fingerprint density at radius 2 is 2.22 bits per heavy atom. The zero-order valence-corrected chi connectivity index (χ0v) is 11.1. The average Bonchev–Trinajstić information content (AvgIpc) is 2.37. The third kappa shape index (κ3) is 4.02. The lowest BCUT2D eigenvalue weighted by molar-refractivity contribution is 0.0600. The number of benzene rings is 1. The third-order valence-electron chi connectivity index (χ3n) is 2.81. The summed E-state index contributed by atoms with van der Waals surface area (Å²) < 4.78 is 18.2. The van der Waals surface area contributed by atoms with Crippen molar-refractivity contribution >= 4 is 11.7 Å². The van der Waals surface area contributed by atoms with Crippen LogP contribution >= 0.6 is 0 Å². The van der Waals surface area contributed by atoms with Crippen molar-refractivity contribution in [1.29, 1.82) is 0 Å². The molecule has 1 unspecified atom stereocenters. The summed E-state index contributed by atoms with van der Waals surface area (Å²) in [6, 6.07) is 4.18. The van der Waals surface area contributed by atoms with Crippen molar-refractivity contribution in [2.24, 2.45) is 5.92 Å². The maximum Gasteiger partial charge on any atom is 0.337 e. The van der Waals surface area contributed by atoms with Gasteiger partial charge in [-0.3, -0.25) is 0 Å². The lowest BCUT2D eigenvalue weighted by Crippen LogP contribution is -2.12. The van der Waals surface area contributed by atoms with Crippen LogP contribution in [0, 0.1) is 11.7 Å². The predicted octanol–water partition coefficient (Wildman–Crippen LogP) is 3.46. The van der Waals surface area contributed by atoms with E-state index in [1.54, 1.807) is 0 Å². The number of anilines is 1. The van der Waals surface area contributed by atoms with E-state index in [2.05, 4.69) is 23.9 Å². The number of halogens is 1. The summed E-state index contributed by atoms with van der Waals surface area (Å²) in [4.78, 5) is 11.3. The number of methoxy groups -OCH3 is 1. The lowest BCUT2D eigenvalue weighted by atomic mass is 10.1. The van der Waals surface area contributed by atoms with Gasteiger partial charge < -0.3 is 10.1 Å². The first-order valence-electron chi connectivity index (χ1n) is 6.20. The Labute approximate surface area is 107 Å². The van der Waals surface area contributed by atoms with Crippen LogP contribution < -0.4 is 5.32 Å². The normalized spacial score (nSPS) is 12.0. The van der Waals surface area contributed by atoms with Gasteiger partial charge in [-0.05, 0) is 30.5 Å². The van der Waals surface area contributed by atoms with Crippen molar-refractivity contribution in [2.45, 2.75) is 26.7 Å².